The number of benzene rings is 2. The van der Waals surface area contributed by atoms with Crippen LogP contribution in [0, 0.1) is 5.92 Å². The fraction of sp³-hybridized carbons (Fsp3) is 0.348. The quantitative estimate of drug-likeness (QED) is 0.573. The average molecular weight is 489 g/mol. The zero-order valence-electron chi connectivity index (χ0n) is 17.5. The van der Waals surface area contributed by atoms with Gasteiger partial charge >= 0.3 is 5.97 Å². The highest BCUT2D eigenvalue weighted by Crippen LogP contribution is 2.27. The van der Waals surface area contributed by atoms with E-state index in [4.69, 9.17) is 9.47 Å². The van der Waals surface area contributed by atoms with Crippen molar-refractivity contribution in [2.24, 2.45) is 5.92 Å². The van der Waals surface area contributed by atoms with Crippen LogP contribution < -0.4 is 15.0 Å². The van der Waals surface area contributed by atoms with Gasteiger partial charge in [-0.25, -0.2) is 0 Å². The third kappa shape index (κ3) is 6.07. The van der Waals surface area contributed by atoms with Gasteiger partial charge in [-0.15, -0.1) is 0 Å². The molecular formula is C23H25BrN2O5. The van der Waals surface area contributed by atoms with E-state index in [2.05, 4.69) is 21.2 Å². The average Bonchev–Trinajstić information content (AvgIpc) is 3.15. The second-order valence-electron chi connectivity index (χ2n) is 7.28. The van der Waals surface area contributed by atoms with E-state index in [0.717, 1.165) is 15.8 Å². The van der Waals surface area contributed by atoms with Gasteiger partial charge < -0.3 is 19.7 Å². The Balaban J connectivity index is 1.48. The lowest BCUT2D eigenvalue weighted by molar-refractivity contribution is -0.152. The van der Waals surface area contributed by atoms with Crippen LogP contribution in [0.3, 0.4) is 0 Å². The molecule has 2 atom stereocenters. The zero-order valence-corrected chi connectivity index (χ0v) is 19.1. The molecule has 0 aliphatic carbocycles. The normalized spacial score (nSPS) is 16.7. The standard InChI is InChI=1S/C23H25BrN2O5/c1-3-30-20-10-8-19(9-11-20)26-13-17(12-22(26)28)23(29)31-14-21(27)25-15(2)16-4-6-18(24)7-5-16/h4-11,15,17H,3,12-14H2,1-2H3,(H,25,27). The molecule has 3 rings (SSSR count). The molecule has 2 aromatic rings. The van der Waals surface area contributed by atoms with E-state index in [1.165, 1.54) is 0 Å². The number of esters is 1. The van der Waals surface area contributed by atoms with Crippen LogP contribution in [0.25, 0.3) is 0 Å². The number of rotatable bonds is 8. The van der Waals surface area contributed by atoms with E-state index < -0.39 is 17.8 Å². The fourth-order valence-corrected chi connectivity index (χ4v) is 3.64. The van der Waals surface area contributed by atoms with E-state index in [1.54, 1.807) is 29.2 Å². The minimum atomic E-state index is -0.601. The molecule has 0 aromatic heterocycles. The van der Waals surface area contributed by atoms with Gasteiger partial charge in [0.05, 0.1) is 18.6 Å². The van der Waals surface area contributed by atoms with Crippen LogP contribution in [-0.2, 0) is 19.1 Å². The number of amides is 2. The molecule has 0 radical (unpaired) electrons. The van der Waals surface area contributed by atoms with E-state index in [9.17, 15) is 14.4 Å². The second-order valence-corrected chi connectivity index (χ2v) is 8.20. The van der Waals surface area contributed by atoms with Crippen molar-refractivity contribution in [2.45, 2.75) is 26.3 Å². The van der Waals surface area contributed by atoms with Crippen molar-refractivity contribution < 1.29 is 23.9 Å². The minimum Gasteiger partial charge on any atom is -0.494 e. The maximum absolute atomic E-state index is 12.4. The van der Waals surface area contributed by atoms with E-state index in [1.807, 2.05) is 38.1 Å². The van der Waals surface area contributed by atoms with E-state index in [-0.39, 0.29) is 31.5 Å². The van der Waals surface area contributed by atoms with Crippen LogP contribution >= 0.6 is 15.9 Å². The topological polar surface area (TPSA) is 84.9 Å². The Hall–Kier alpha value is -2.87. The van der Waals surface area contributed by atoms with Gasteiger partial charge in [-0.1, -0.05) is 28.1 Å². The summed E-state index contributed by atoms with van der Waals surface area (Å²) in [6, 6.07) is 14.5. The summed E-state index contributed by atoms with van der Waals surface area (Å²) in [5, 5.41) is 2.80. The van der Waals surface area contributed by atoms with Gasteiger partial charge in [0.15, 0.2) is 6.61 Å². The van der Waals surface area contributed by atoms with Crippen LogP contribution in [-0.4, -0.2) is 37.5 Å². The van der Waals surface area contributed by atoms with Gasteiger partial charge in [0.2, 0.25) is 5.91 Å². The Labute approximate surface area is 189 Å². The molecule has 7 nitrogen and oxygen atoms in total. The molecule has 1 aliphatic heterocycles. The molecule has 2 aromatic carbocycles. The van der Waals surface area contributed by atoms with Crippen LogP contribution in [0.5, 0.6) is 5.75 Å². The third-order valence-corrected chi connectivity index (χ3v) is 5.54. The molecule has 1 N–H and O–H groups in total. The maximum Gasteiger partial charge on any atom is 0.311 e. The Morgan fingerprint density at radius 3 is 2.48 bits per heavy atom. The summed E-state index contributed by atoms with van der Waals surface area (Å²) in [4.78, 5) is 38.5. The molecule has 1 saturated heterocycles. The lowest BCUT2D eigenvalue weighted by Gasteiger charge is -2.17. The molecule has 31 heavy (non-hydrogen) atoms. The van der Waals surface area contributed by atoms with Gasteiger partial charge in [0.1, 0.15) is 5.75 Å². The molecule has 0 bridgehead atoms. The number of nitrogens with one attached hydrogen (secondary N) is 1. The van der Waals surface area contributed by atoms with Crippen molar-refractivity contribution in [1.82, 2.24) is 5.32 Å². The van der Waals surface area contributed by atoms with Crippen LogP contribution in [0.4, 0.5) is 5.69 Å². The molecule has 0 spiro atoms. The molecule has 2 unspecified atom stereocenters. The van der Waals surface area contributed by atoms with Crippen LogP contribution in [0.15, 0.2) is 53.0 Å². The first kappa shape index (κ1) is 22.8. The molecule has 8 heteroatoms. The van der Waals surface area contributed by atoms with Gasteiger partial charge in [-0.05, 0) is 55.8 Å². The third-order valence-electron chi connectivity index (χ3n) is 5.01. The highest BCUT2D eigenvalue weighted by molar-refractivity contribution is 9.10. The van der Waals surface area contributed by atoms with Crippen molar-refractivity contribution in [3.8, 4) is 5.75 Å². The van der Waals surface area contributed by atoms with Gasteiger partial charge in [0.25, 0.3) is 5.91 Å². The van der Waals surface area contributed by atoms with Crippen molar-refractivity contribution in [3.63, 3.8) is 0 Å². The number of anilines is 1. The summed E-state index contributed by atoms with van der Waals surface area (Å²) in [5.41, 5.74) is 1.64. The van der Waals surface area contributed by atoms with Crippen molar-refractivity contribution in [2.75, 3.05) is 24.7 Å². The fourth-order valence-electron chi connectivity index (χ4n) is 3.38. The first-order valence-electron chi connectivity index (χ1n) is 10.1. The minimum absolute atomic E-state index is 0.0585. The molecule has 0 saturated carbocycles. The highest BCUT2D eigenvalue weighted by Gasteiger charge is 2.36. The molecule has 1 fully saturated rings. The monoisotopic (exact) mass is 488 g/mol. The first-order valence-corrected chi connectivity index (χ1v) is 10.9. The number of carbonyl (C=O) groups excluding carboxylic acids is 3. The summed E-state index contributed by atoms with van der Waals surface area (Å²) in [6.07, 6.45) is 0.0585. The largest absolute Gasteiger partial charge is 0.494 e. The Bertz CT molecular complexity index is 930. The van der Waals surface area contributed by atoms with Gasteiger partial charge in [-0.3, -0.25) is 14.4 Å². The summed E-state index contributed by atoms with van der Waals surface area (Å²) in [5.74, 6) is -0.975. The van der Waals surface area contributed by atoms with Crippen molar-refractivity contribution in [1.29, 1.82) is 0 Å². The predicted molar refractivity (Wildman–Crippen MR) is 120 cm³/mol. The van der Waals surface area contributed by atoms with E-state index in [0.29, 0.717) is 12.3 Å². The Kier molecular flexibility index (Phi) is 7.68. The second kappa shape index (κ2) is 10.4. The van der Waals surface area contributed by atoms with Gasteiger partial charge in [-0.2, -0.15) is 0 Å². The predicted octanol–water partition coefficient (Wildman–Crippen LogP) is 3.62. The Morgan fingerprint density at radius 2 is 1.84 bits per heavy atom. The lowest BCUT2D eigenvalue weighted by Crippen LogP contribution is -2.32. The molecule has 164 valence electrons. The number of ether oxygens (including phenoxy) is 2. The summed E-state index contributed by atoms with van der Waals surface area (Å²) in [7, 11) is 0. The molecular weight excluding hydrogens is 464 g/mol. The summed E-state index contributed by atoms with van der Waals surface area (Å²) >= 11 is 3.37. The number of hydrogen-bond donors (Lipinski definition) is 1. The maximum atomic E-state index is 12.4. The number of carbonyl (C=O) groups is 3. The number of nitrogens with zero attached hydrogens (tertiary/aromatic N) is 1. The molecule has 2 amide bonds. The SMILES string of the molecule is CCOc1ccc(N2CC(C(=O)OCC(=O)NC(C)c3ccc(Br)cc3)CC2=O)cc1. The van der Waals surface area contributed by atoms with Crippen molar-refractivity contribution in [3.05, 3.63) is 58.6 Å². The highest BCUT2D eigenvalue weighted by atomic mass is 79.9. The molecule has 1 aliphatic rings. The Morgan fingerprint density at radius 1 is 1.16 bits per heavy atom. The summed E-state index contributed by atoms with van der Waals surface area (Å²) < 4.78 is 11.5. The zero-order chi connectivity index (χ0) is 22.4. The van der Waals surface area contributed by atoms with Crippen LogP contribution in [0.2, 0.25) is 0 Å². The number of hydrogen-bond acceptors (Lipinski definition) is 5. The lowest BCUT2D eigenvalue weighted by atomic mass is 10.1. The van der Waals surface area contributed by atoms with E-state index >= 15 is 0 Å². The molecule has 1 heterocycles. The van der Waals surface area contributed by atoms with Crippen LogP contribution in [0.1, 0.15) is 31.9 Å². The van der Waals surface area contributed by atoms with Gasteiger partial charge in [0, 0.05) is 23.1 Å². The summed E-state index contributed by atoms with van der Waals surface area (Å²) in [6.45, 7) is 4.16. The van der Waals surface area contributed by atoms with Crippen molar-refractivity contribution >= 4 is 39.4 Å². The number of halogens is 1. The smallest absolute Gasteiger partial charge is 0.311 e. The first-order chi connectivity index (χ1) is 14.9.